The van der Waals surface area contributed by atoms with Crippen LogP contribution < -0.4 is 5.56 Å². The fraction of sp³-hybridized carbons (Fsp3) is 0.312. The van der Waals surface area contributed by atoms with Gasteiger partial charge in [-0.25, -0.2) is 19.5 Å². The largest absolute Gasteiger partial charge is 0.315 e. The number of aromatic amines is 1. The van der Waals surface area contributed by atoms with Gasteiger partial charge >= 0.3 is 0 Å². The van der Waals surface area contributed by atoms with E-state index in [4.69, 9.17) is 0 Å². The molecule has 0 aliphatic heterocycles. The molecule has 4 rings (SSSR count). The first-order valence-electron chi connectivity index (χ1n) is 7.84. The van der Waals surface area contributed by atoms with Crippen molar-refractivity contribution in [3.8, 4) is 0 Å². The highest BCUT2D eigenvalue weighted by atomic mass is 16.1. The van der Waals surface area contributed by atoms with Gasteiger partial charge in [0.1, 0.15) is 6.33 Å². The maximum atomic E-state index is 11.7. The molecular weight excluding hydrogens is 306 g/mol. The maximum Gasteiger partial charge on any atom is 0.278 e. The summed E-state index contributed by atoms with van der Waals surface area (Å²) in [5.41, 5.74) is 4.09. The van der Waals surface area contributed by atoms with E-state index >= 15 is 0 Å². The van der Waals surface area contributed by atoms with Gasteiger partial charge in [-0.2, -0.15) is 5.10 Å². The molecule has 0 aliphatic rings. The van der Waals surface area contributed by atoms with E-state index in [0.29, 0.717) is 23.6 Å². The van der Waals surface area contributed by atoms with Gasteiger partial charge in [-0.1, -0.05) is 13.8 Å². The molecule has 4 aromatic heterocycles. The Kier molecular flexibility index (Phi) is 3.37. The van der Waals surface area contributed by atoms with Crippen molar-refractivity contribution in [2.75, 3.05) is 0 Å². The SMILES string of the molecule is CC(C)c1cc(CCn2cnc3c(=O)[nH]cnc32)c2cncnn12. The van der Waals surface area contributed by atoms with Gasteiger partial charge in [0.25, 0.3) is 5.56 Å². The molecule has 0 radical (unpaired) electrons. The molecule has 122 valence electrons. The normalized spacial score (nSPS) is 11.8. The number of imidazole rings is 1. The average molecular weight is 323 g/mol. The topological polar surface area (TPSA) is 93.8 Å². The molecule has 0 fully saturated rings. The zero-order chi connectivity index (χ0) is 16.7. The van der Waals surface area contributed by atoms with E-state index in [0.717, 1.165) is 17.6 Å². The van der Waals surface area contributed by atoms with Crippen LogP contribution >= 0.6 is 0 Å². The molecule has 4 aromatic rings. The predicted octanol–water partition coefficient (Wildman–Crippen LogP) is 1.53. The molecule has 0 aliphatic carbocycles. The molecule has 0 saturated carbocycles. The zero-order valence-electron chi connectivity index (χ0n) is 13.5. The van der Waals surface area contributed by atoms with Crippen LogP contribution in [0.5, 0.6) is 0 Å². The smallest absolute Gasteiger partial charge is 0.278 e. The molecular formula is C16H17N7O. The first-order chi connectivity index (χ1) is 11.6. The van der Waals surface area contributed by atoms with Crippen LogP contribution in [0.3, 0.4) is 0 Å². The number of aryl methyl sites for hydroxylation is 2. The summed E-state index contributed by atoms with van der Waals surface area (Å²) in [5, 5.41) is 4.36. The molecule has 0 aromatic carbocycles. The highest BCUT2D eigenvalue weighted by Gasteiger charge is 2.14. The summed E-state index contributed by atoms with van der Waals surface area (Å²) in [6.07, 6.45) is 7.24. The van der Waals surface area contributed by atoms with Crippen molar-refractivity contribution >= 4 is 16.7 Å². The lowest BCUT2D eigenvalue weighted by atomic mass is 10.1. The molecule has 0 spiro atoms. The molecule has 0 saturated heterocycles. The molecule has 4 heterocycles. The fourth-order valence-corrected chi connectivity index (χ4v) is 2.95. The van der Waals surface area contributed by atoms with E-state index in [9.17, 15) is 4.79 Å². The summed E-state index contributed by atoms with van der Waals surface area (Å²) in [5.74, 6) is 0.371. The quantitative estimate of drug-likeness (QED) is 0.614. The Balaban J connectivity index is 1.70. The number of H-pyrrole nitrogens is 1. The van der Waals surface area contributed by atoms with Gasteiger partial charge in [0.2, 0.25) is 0 Å². The van der Waals surface area contributed by atoms with Crippen molar-refractivity contribution < 1.29 is 0 Å². The van der Waals surface area contributed by atoms with Gasteiger partial charge in [-0.15, -0.1) is 0 Å². The van der Waals surface area contributed by atoms with Crippen molar-refractivity contribution in [3.63, 3.8) is 0 Å². The molecule has 8 nitrogen and oxygen atoms in total. The number of hydrogen-bond donors (Lipinski definition) is 1. The third-order valence-corrected chi connectivity index (χ3v) is 4.18. The number of nitrogens with one attached hydrogen (secondary N) is 1. The molecule has 24 heavy (non-hydrogen) atoms. The van der Waals surface area contributed by atoms with Gasteiger partial charge in [0, 0.05) is 12.2 Å². The van der Waals surface area contributed by atoms with Crippen LogP contribution in [0.15, 0.2) is 36.0 Å². The van der Waals surface area contributed by atoms with Crippen LogP contribution in [0.1, 0.15) is 31.0 Å². The van der Waals surface area contributed by atoms with E-state index < -0.39 is 0 Å². The number of aromatic nitrogens is 7. The standard InChI is InChI=1S/C16H17N7O/c1-10(2)12-5-11(13-6-17-7-21-23(12)13)3-4-22-9-20-14-15(22)18-8-19-16(14)24/h5-10H,3-4H2,1-2H3,(H,18,19,24). The third-order valence-electron chi connectivity index (χ3n) is 4.18. The minimum Gasteiger partial charge on any atom is -0.315 e. The number of nitrogens with zero attached hydrogens (tertiary/aromatic N) is 6. The number of fused-ring (bicyclic) bond motifs is 2. The van der Waals surface area contributed by atoms with Crippen molar-refractivity contribution in [3.05, 3.63) is 52.9 Å². The molecule has 1 N–H and O–H groups in total. The Labute approximate surface area is 137 Å². The van der Waals surface area contributed by atoms with Gasteiger partial charge in [-0.3, -0.25) is 4.79 Å². The summed E-state index contributed by atoms with van der Waals surface area (Å²) in [6.45, 7) is 4.97. The maximum absolute atomic E-state index is 11.7. The van der Waals surface area contributed by atoms with Crippen molar-refractivity contribution in [1.29, 1.82) is 0 Å². The predicted molar refractivity (Wildman–Crippen MR) is 88.9 cm³/mol. The van der Waals surface area contributed by atoms with Crippen molar-refractivity contribution in [2.45, 2.75) is 32.7 Å². The monoisotopic (exact) mass is 323 g/mol. The van der Waals surface area contributed by atoms with Gasteiger partial charge in [-0.05, 0) is 24.0 Å². The van der Waals surface area contributed by atoms with Gasteiger partial charge in [0.15, 0.2) is 11.2 Å². The average Bonchev–Trinajstić information content (AvgIpc) is 3.15. The second-order valence-corrected chi connectivity index (χ2v) is 6.05. The van der Waals surface area contributed by atoms with E-state index in [1.807, 2.05) is 15.3 Å². The van der Waals surface area contributed by atoms with Crippen LogP contribution in [0, 0.1) is 0 Å². The molecule has 0 unspecified atom stereocenters. The highest BCUT2D eigenvalue weighted by molar-refractivity contribution is 5.68. The van der Waals surface area contributed by atoms with Crippen molar-refractivity contribution in [1.82, 2.24) is 34.1 Å². The fourth-order valence-electron chi connectivity index (χ4n) is 2.95. The first-order valence-corrected chi connectivity index (χ1v) is 7.84. The highest BCUT2D eigenvalue weighted by Crippen LogP contribution is 2.22. The number of rotatable bonds is 4. The summed E-state index contributed by atoms with van der Waals surface area (Å²) in [6, 6.07) is 2.17. The molecule has 0 atom stereocenters. The zero-order valence-corrected chi connectivity index (χ0v) is 13.5. The molecule has 0 bridgehead atoms. The minimum atomic E-state index is -0.219. The Hall–Kier alpha value is -3.03. The minimum absolute atomic E-state index is 0.219. The second-order valence-electron chi connectivity index (χ2n) is 6.05. The Morgan fingerprint density at radius 1 is 1.29 bits per heavy atom. The van der Waals surface area contributed by atoms with E-state index in [2.05, 4.69) is 44.9 Å². The lowest BCUT2D eigenvalue weighted by Crippen LogP contribution is -2.08. The second kappa shape index (κ2) is 5.55. The Morgan fingerprint density at radius 3 is 3.00 bits per heavy atom. The molecule has 8 heteroatoms. The van der Waals surface area contributed by atoms with Crippen molar-refractivity contribution in [2.24, 2.45) is 0 Å². The molecule has 0 amide bonds. The summed E-state index contributed by atoms with van der Waals surface area (Å²) in [7, 11) is 0. The summed E-state index contributed by atoms with van der Waals surface area (Å²) in [4.78, 5) is 26.8. The Bertz CT molecular complexity index is 1070. The van der Waals surface area contributed by atoms with Gasteiger partial charge < -0.3 is 9.55 Å². The lowest BCUT2D eigenvalue weighted by Gasteiger charge is -2.03. The van der Waals surface area contributed by atoms with Crippen LogP contribution in [0.25, 0.3) is 16.7 Å². The first kappa shape index (κ1) is 14.6. The Morgan fingerprint density at radius 2 is 2.17 bits per heavy atom. The van der Waals surface area contributed by atoms with Crippen LogP contribution in [-0.4, -0.2) is 34.1 Å². The van der Waals surface area contributed by atoms with E-state index in [1.165, 1.54) is 11.9 Å². The van der Waals surface area contributed by atoms with Crippen LogP contribution in [0.2, 0.25) is 0 Å². The third kappa shape index (κ3) is 2.27. The lowest BCUT2D eigenvalue weighted by molar-refractivity contribution is 0.711. The summed E-state index contributed by atoms with van der Waals surface area (Å²) < 4.78 is 3.84. The van der Waals surface area contributed by atoms with Crippen LogP contribution in [0.4, 0.5) is 0 Å². The van der Waals surface area contributed by atoms with E-state index in [1.54, 1.807) is 12.7 Å². The number of hydrogen-bond acceptors (Lipinski definition) is 5. The summed E-state index contributed by atoms with van der Waals surface area (Å²) >= 11 is 0. The van der Waals surface area contributed by atoms with Crippen LogP contribution in [-0.2, 0) is 13.0 Å². The van der Waals surface area contributed by atoms with Gasteiger partial charge in [0.05, 0.1) is 24.4 Å². The van der Waals surface area contributed by atoms with E-state index in [-0.39, 0.29) is 5.56 Å².